The van der Waals surface area contributed by atoms with Gasteiger partial charge in [0, 0.05) is 13.2 Å². The highest BCUT2D eigenvalue weighted by Gasteiger charge is 2.20. The van der Waals surface area contributed by atoms with E-state index in [1.165, 1.54) is 19.2 Å². The lowest BCUT2D eigenvalue weighted by Crippen LogP contribution is -2.28. The van der Waals surface area contributed by atoms with Crippen molar-refractivity contribution in [3.63, 3.8) is 0 Å². The molecule has 0 spiro atoms. The Morgan fingerprint density at radius 2 is 2.26 bits per heavy atom. The van der Waals surface area contributed by atoms with Crippen molar-refractivity contribution in [1.82, 2.24) is 10.3 Å². The average molecular weight is 268 g/mol. The maximum atomic E-state index is 10.8. The van der Waals surface area contributed by atoms with Crippen LogP contribution in [0.4, 0.5) is 11.4 Å². The first kappa shape index (κ1) is 13.2. The van der Waals surface area contributed by atoms with E-state index in [0.717, 1.165) is 0 Å². The number of nitro benzene ring substituents is 1. The summed E-state index contributed by atoms with van der Waals surface area (Å²) < 4.78 is 9.47. The Bertz CT molecular complexity index is 584. The quantitative estimate of drug-likeness (QED) is 0.575. The Morgan fingerprint density at radius 3 is 2.89 bits per heavy atom. The fourth-order valence-corrected chi connectivity index (χ4v) is 1.68. The standard InChI is InChI=1S/C10H12N4O5/c1-18-5-6(4-15)11-7-2-3-8(14(16)17)10-9(7)12-19-13-10/h2-3,6,11,15H,4-5H2,1H3. The van der Waals surface area contributed by atoms with Crippen LogP contribution in [-0.2, 0) is 4.74 Å². The van der Waals surface area contributed by atoms with Gasteiger partial charge in [-0.3, -0.25) is 10.1 Å². The number of non-ortho nitro benzene ring substituents is 1. The number of aliphatic hydroxyl groups is 1. The second-order valence-corrected chi connectivity index (χ2v) is 3.83. The molecule has 2 N–H and O–H groups in total. The highest BCUT2D eigenvalue weighted by atomic mass is 16.6. The number of hydrogen-bond acceptors (Lipinski definition) is 8. The molecule has 9 nitrogen and oxygen atoms in total. The van der Waals surface area contributed by atoms with Gasteiger partial charge in [0.25, 0.3) is 0 Å². The molecule has 2 aromatic rings. The molecule has 1 unspecified atom stereocenters. The van der Waals surface area contributed by atoms with E-state index < -0.39 is 4.92 Å². The number of fused-ring (bicyclic) bond motifs is 1. The van der Waals surface area contributed by atoms with Gasteiger partial charge < -0.3 is 15.2 Å². The molecule has 0 saturated heterocycles. The van der Waals surface area contributed by atoms with E-state index in [1.54, 1.807) is 0 Å². The van der Waals surface area contributed by atoms with E-state index in [0.29, 0.717) is 5.69 Å². The molecular weight excluding hydrogens is 256 g/mol. The molecular formula is C10H12N4O5. The fourth-order valence-electron chi connectivity index (χ4n) is 1.68. The SMILES string of the molecule is COCC(CO)Nc1ccc([N+](=O)[O-])c2nonc12. The van der Waals surface area contributed by atoms with E-state index in [2.05, 4.69) is 20.3 Å². The molecule has 1 heterocycles. The molecule has 0 aliphatic heterocycles. The molecule has 102 valence electrons. The van der Waals surface area contributed by atoms with Gasteiger partial charge in [-0.1, -0.05) is 0 Å². The van der Waals surface area contributed by atoms with E-state index in [-0.39, 0.29) is 36.0 Å². The van der Waals surface area contributed by atoms with Gasteiger partial charge in [-0.15, -0.1) is 0 Å². The van der Waals surface area contributed by atoms with Gasteiger partial charge in [0.15, 0.2) is 5.52 Å². The van der Waals surface area contributed by atoms with Gasteiger partial charge >= 0.3 is 5.69 Å². The second-order valence-electron chi connectivity index (χ2n) is 3.83. The minimum atomic E-state index is -0.561. The van der Waals surface area contributed by atoms with Crippen molar-refractivity contribution in [2.45, 2.75) is 6.04 Å². The molecule has 0 saturated carbocycles. The zero-order valence-corrected chi connectivity index (χ0v) is 10.1. The van der Waals surface area contributed by atoms with Crippen molar-refractivity contribution in [3.8, 4) is 0 Å². The highest BCUT2D eigenvalue weighted by molar-refractivity contribution is 5.93. The summed E-state index contributed by atoms with van der Waals surface area (Å²) in [4.78, 5) is 10.3. The lowest BCUT2D eigenvalue weighted by atomic mass is 10.2. The monoisotopic (exact) mass is 268 g/mol. The predicted molar refractivity (Wildman–Crippen MR) is 64.8 cm³/mol. The Labute approximate surface area is 107 Å². The summed E-state index contributed by atoms with van der Waals surface area (Å²) in [7, 11) is 1.51. The molecule has 2 rings (SSSR count). The summed E-state index contributed by atoms with van der Waals surface area (Å²) >= 11 is 0. The van der Waals surface area contributed by atoms with Crippen LogP contribution in [-0.4, -0.2) is 46.7 Å². The number of rotatable bonds is 6. The third-order valence-corrected chi connectivity index (χ3v) is 2.54. The maximum absolute atomic E-state index is 10.8. The number of nitrogens with zero attached hydrogens (tertiary/aromatic N) is 3. The molecule has 0 bridgehead atoms. The Morgan fingerprint density at radius 1 is 1.53 bits per heavy atom. The topological polar surface area (TPSA) is 124 Å². The maximum Gasteiger partial charge on any atom is 0.300 e. The lowest BCUT2D eigenvalue weighted by molar-refractivity contribution is -0.383. The first-order valence-corrected chi connectivity index (χ1v) is 5.43. The number of hydrogen-bond donors (Lipinski definition) is 2. The molecule has 0 aliphatic carbocycles. The average Bonchev–Trinajstić information content (AvgIpc) is 2.87. The summed E-state index contributed by atoms with van der Waals surface area (Å²) in [6.45, 7) is 0.123. The van der Waals surface area contributed by atoms with Crippen molar-refractivity contribution < 1.29 is 19.4 Å². The van der Waals surface area contributed by atoms with Crippen LogP contribution in [0, 0.1) is 10.1 Å². The highest BCUT2D eigenvalue weighted by Crippen LogP contribution is 2.28. The summed E-state index contributed by atoms with van der Waals surface area (Å²) in [5.74, 6) is 0. The van der Waals surface area contributed by atoms with Gasteiger partial charge in [-0.2, -0.15) is 0 Å². The minimum Gasteiger partial charge on any atom is -0.394 e. The molecule has 0 aliphatic rings. The molecule has 9 heteroatoms. The largest absolute Gasteiger partial charge is 0.394 e. The molecule has 19 heavy (non-hydrogen) atoms. The van der Waals surface area contributed by atoms with Crippen LogP contribution in [0.3, 0.4) is 0 Å². The van der Waals surface area contributed by atoms with Crippen molar-refractivity contribution >= 4 is 22.4 Å². The van der Waals surface area contributed by atoms with E-state index in [9.17, 15) is 15.2 Å². The lowest BCUT2D eigenvalue weighted by Gasteiger charge is -2.16. The molecule has 1 aromatic carbocycles. The molecule has 0 amide bonds. The number of benzene rings is 1. The normalized spacial score (nSPS) is 12.5. The van der Waals surface area contributed by atoms with Gasteiger partial charge in [0.2, 0.25) is 5.52 Å². The first-order valence-electron chi connectivity index (χ1n) is 5.43. The summed E-state index contributed by atoms with van der Waals surface area (Å²) in [5.41, 5.74) is 0.597. The number of aromatic nitrogens is 2. The van der Waals surface area contributed by atoms with Gasteiger partial charge in [-0.05, 0) is 16.4 Å². The minimum absolute atomic E-state index is 0.0594. The molecule has 1 atom stereocenters. The van der Waals surface area contributed by atoms with Crippen LogP contribution in [0.5, 0.6) is 0 Å². The smallest absolute Gasteiger partial charge is 0.300 e. The number of anilines is 1. The van der Waals surface area contributed by atoms with E-state index >= 15 is 0 Å². The van der Waals surface area contributed by atoms with Crippen molar-refractivity contribution in [3.05, 3.63) is 22.2 Å². The zero-order valence-electron chi connectivity index (χ0n) is 10.1. The number of nitro groups is 1. The Hall–Kier alpha value is -2.26. The number of aliphatic hydroxyl groups excluding tert-OH is 1. The third kappa shape index (κ3) is 2.61. The zero-order chi connectivity index (χ0) is 13.8. The molecule has 1 aromatic heterocycles. The first-order chi connectivity index (χ1) is 9.17. The van der Waals surface area contributed by atoms with Gasteiger partial charge in [0.05, 0.1) is 29.9 Å². The van der Waals surface area contributed by atoms with Crippen LogP contribution >= 0.6 is 0 Å². The molecule has 0 radical (unpaired) electrons. The second kappa shape index (κ2) is 5.59. The number of ether oxygens (including phenoxy) is 1. The number of nitrogens with one attached hydrogen (secondary N) is 1. The molecule has 0 fully saturated rings. The summed E-state index contributed by atoms with van der Waals surface area (Å²) in [5, 5.41) is 30.1. The predicted octanol–water partition coefficient (Wildman–Crippen LogP) is 0.550. The third-order valence-electron chi connectivity index (χ3n) is 2.54. The van der Waals surface area contributed by atoms with Crippen LogP contribution in [0.25, 0.3) is 11.0 Å². The van der Waals surface area contributed by atoms with Crippen molar-refractivity contribution in [2.75, 3.05) is 25.6 Å². The van der Waals surface area contributed by atoms with Crippen molar-refractivity contribution in [2.24, 2.45) is 0 Å². The number of methoxy groups -OCH3 is 1. The Balaban J connectivity index is 2.37. The van der Waals surface area contributed by atoms with Crippen LogP contribution in [0.1, 0.15) is 0 Å². The van der Waals surface area contributed by atoms with Gasteiger partial charge in [-0.25, -0.2) is 4.63 Å². The summed E-state index contributed by atoms with van der Waals surface area (Å²) in [6, 6.07) is 2.44. The van der Waals surface area contributed by atoms with E-state index in [1.807, 2.05) is 0 Å². The van der Waals surface area contributed by atoms with Crippen LogP contribution in [0.2, 0.25) is 0 Å². The van der Waals surface area contributed by atoms with Crippen LogP contribution < -0.4 is 5.32 Å². The Kier molecular flexibility index (Phi) is 3.88. The fraction of sp³-hybridized carbons (Fsp3) is 0.400. The van der Waals surface area contributed by atoms with Gasteiger partial charge in [0.1, 0.15) is 0 Å². The van der Waals surface area contributed by atoms with Crippen LogP contribution in [0.15, 0.2) is 16.8 Å². The summed E-state index contributed by atoms with van der Waals surface area (Å²) in [6.07, 6.45) is 0. The van der Waals surface area contributed by atoms with Crippen molar-refractivity contribution in [1.29, 1.82) is 0 Å². The van der Waals surface area contributed by atoms with E-state index in [4.69, 9.17) is 4.74 Å².